The first kappa shape index (κ1) is 8.88. The molecule has 0 saturated heterocycles. The largest absolute Gasteiger partial charge is 0.367 e. The van der Waals surface area contributed by atoms with E-state index in [9.17, 15) is 0 Å². The van der Waals surface area contributed by atoms with Gasteiger partial charge in [0.2, 0.25) is 0 Å². The molecule has 1 unspecified atom stereocenters. The van der Waals surface area contributed by atoms with Crippen LogP contribution in [-0.4, -0.2) is 23.5 Å². The van der Waals surface area contributed by atoms with Gasteiger partial charge in [0.25, 0.3) is 0 Å². The van der Waals surface area contributed by atoms with Crippen molar-refractivity contribution in [2.45, 2.75) is 39.2 Å². The number of hydrogen-bond acceptors (Lipinski definition) is 3. The van der Waals surface area contributed by atoms with E-state index in [2.05, 4.69) is 0 Å². The lowest BCUT2D eigenvalue weighted by molar-refractivity contribution is -0.134. The van der Waals surface area contributed by atoms with Gasteiger partial charge in [-0.3, -0.25) is 0 Å². The monoisotopic (exact) mass is 133 g/mol. The average molecular weight is 133 g/mol. The summed E-state index contributed by atoms with van der Waals surface area (Å²) in [7, 11) is 0. The van der Waals surface area contributed by atoms with Gasteiger partial charge in [-0.2, -0.15) is 0 Å². The van der Waals surface area contributed by atoms with Gasteiger partial charge in [0.1, 0.15) is 0 Å². The van der Waals surface area contributed by atoms with Gasteiger partial charge in [0.15, 0.2) is 6.29 Å². The Hall–Kier alpha value is -0.120. The molecule has 0 aromatic carbocycles. The Morgan fingerprint density at radius 3 is 1.89 bits per heavy atom. The summed E-state index contributed by atoms with van der Waals surface area (Å²) in [5.41, 5.74) is 5.31. The Morgan fingerprint density at radius 1 is 1.33 bits per heavy atom. The number of nitrogens with two attached hydrogens (primary N) is 1. The lowest BCUT2D eigenvalue weighted by atomic mass is 10.3. The first-order chi connectivity index (χ1) is 4.04. The number of aliphatic hydroxyl groups excluding tert-OH is 1. The van der Waals surface area contributed by atoms with Crippen molar-refractivity contribution in [3.05, 3.63) is 0 Å². The van der Waals surface area contributed by atoms with Gasteiger partial charge in [0.05, 0.1) is 12.1 Å². The molecule has 0 aromatic heterocycles. The van der Waals surface area contributed by atoms with Crippen molar-refractivity contribution in [2.75, 3.05) is 0 Å². The molecular weight excluding hydrogens is 118 g/mol. The summed E-state index contributed by atoms with van der Waals surface area (Å²) >= 11 is 0. The molecule has 0 bridgehead atoms. The second-order valence-electron chi connectivity index (χ2n) is 2.43. The third-order valence-corrected chi connectivity index (χ3v) is 0.861. The molecule has 2 atom stereocenters. The molecule has 3 heteroatoms. The first-order valence-electron chi connectivity index (χ1n) is 3.13. The van der Waals surface area contributed by atoms with E-state index in [4.69, 9.17) is 15.6 Å². The van der Waals surface area contributed by atoms with E-state index in [-0.39, 0.29) is 12.1 Å². The van der Waals surface area contributed by atoms with Crippen molar-refractivity contribution in [1.82, 2.24) is 0 Å². The molecule has 0 rings (SSSR count). The summed E-state index contributed by atoms with van der Waals surface area (Å²) in [5, 5.41) is 8.95. The van der Waals surface area contributed by atoms with Crippen LogP contribution in [0.3, 0.4) is 0 Å². The number of aliphatic hydroxyl groups is 1. The minimum absolute atomic E-state index is 0.0333. The highest BCUT2D eigenvalue weighted by atomic mass is 16.6. The molecule has 0 heterocycles. The molecule has 0 amide bonds. The quantitative estimate of drug-likeness (QED) is 0.536. The van der Waals surface area contributed by atoms with Crippen LogP contribution >= 0.6 is 0 Å². The van der Waals surface area contributed by atoms with Gasteiger partial charge in [-0.05, 0) is 20.8 Å². The topological polar surface area (TPSA) is 55.5 Å². The minimum Gasteiger partial charge on any atom is -0.367 e. The van der Waals surface area contributed by atoms with Crippen LogP contribution in [-0.2, 0) is 4.74 Å². The fourth-order valence-electron chi connectivity index (χ4n) is 0.403. The minimum atomic E-state index is -0.829. The van der Waals surface area contributed by atoms with Gasteiger partial charge in [-0.1, -0.05) is 0 Å². The van der Waals surface area contributed by atoms with E-state index in [0.29, 0.717) is 0 Å². The molecule has 3 N–H and O–H groups in total. The zero-order valence-corrected chi connectivity index (χ0v) is 6.16. The maximum atomic E-state index is 8.95. The second-order valence-corrected chi connectivity index (χ2v) is 2.43. The summed E-state index contributed by atoms with van der Waals surface area (Å²) in [6.07, 6.45) is -0.795. The Labute approximate surface area is 55.8 Å². The summed E-state index contributed by atoms with van der Waals surface area (Å²) < 4.78 is 4.94. The Bertz CT molecular complexity index is 73.5. The van der Waals surface area contributed by atoms with Gasteiger partial charge >= 0.3 is 0 Å². The van der Waals surface area contributed by atoms with Gasteiger partial charge < -0.3 is 15.6 Å². The molecule has 0 aliphatic rings. The average Bonchev–Trinajstić information content (AvgIpc) is 1.63. The Morgan fingerprint density at radius 2 is 1.78 bits per heavy atom. The maximum Gasteiger partial charge on any atom is 0.169 e. The summed E-state index contributed by atoms with van der Waals surface area (Å²) in [5.74, 6) is 0. The predicted octanol–water partition coefficient (Wildman–Crippen LogP) is 0.0770. The molecule has 9 heavy (non-hydrogen) atoms. The molecule has 3 nitrogen and oxygen atoms in total. The fourth-order valence-corrected chi connectivity index (χ4v) is 0.403. The van der Waals surface area contributed by atoms with Crippen LogP contribution in [0, 0.1) is 0 Å². The van der Waals surface area contributed by atoms with Crippen molar-refractivity contribution in [3.8, 4) is 0 Å². The molecule has 56 valence electrons. The standard InChI is InChI=1S/C6H15NO2/c1-4(2)9-6(8)5(3)7/h4-6,8H,7H2,1-3H3/t5-,6?/m0/s1. The first-order valence-corrected chi connectivity index (χ1v) is 3.13. The normalized spacial score (nSPS) is 18.0. The molecule has 0 radical (unpaired) electrons. The molecule has 0 aromatic rings. The van der Waals surface area contributed by atoms with Crippen molar-refractivity contribution in [3.63, 3.8) is 0 Å². The maximum absolute atomic E-state index is 8.95. The highest BCUT2D eigenvalue weighted by Crippen LogP contribution is 1.96. The van der Waals surface area contributed by atoms with E-state index in [1.165, 1.54) is 0 Å². The summed E-state index contributed by atoms with van der Waals surface area (Å²) in [6.45, 7) is 5.41. The smallest absolute Gasteiger partial charge is 0.169 e. The fraction of sp³-hybridized carbons (Fsp3) is 1.00. The zero-order chi connectivity index (χ0) is 7.44. The van der Waals surface area contributed by atoms with Crippen LogP contribution in [0.25, 0.3) is 0 Å². The predicted molar refractivity (Wildman–Crippen MR) is 35.9 cm³/mol. The molecule has 0 aliphatic carbocycles. The van der Waals surface area contributed by atoms with Crippen LogP contribution < -0.4 is 5.73 Å². The number of ether oxygens (including phenoxy) is 1. The van der Waals surface area contributed by atoms with Crippen molar-refractivity contribution >= 4 is 0 Å². The summed E-state index contributed by atoms with van der Waals surface area (Å²) in [6, 6.07) is -0.313. The zero-order valence-electron chi connectivity index (χ0n) is 6.16. The van der Waals surface area contributed by atoms with Crippen LogP contribution in [0.15, 0.2) is 0 Å². The van der Waals surface area contributed by atoms with Gasteiger partial charge in [-0.15, -0.1) is 0 Å². The van der Waals surface area contributed by atoms with E-state index < -0.39 is 6.29 Å². The van der Waals surface area contributed by atoms with Crippen molar-refractivity contribution in [1.29, 1.82) is 0 Å². The molecule has 0 saturated carbocycles. The highest BCUT2D eigenvalue weighted by molar-refractivity contribution is 4.56. The van der Waals surface area contributed by atoms with E-state index in [1.807, 2.05) is 13.8 Å². The summed E-state index contributed by atoms with van der Waals surface area (Å²) in [4.78, 5) is 0. The third-order valence-electron chi connectivity index (χ3n) is 0.861. The molecule has 0 aliphatic heterocycles. The van der Waals surface area contributed by atoms with Crippen LogP contribution in [0.4, 0.5) is 0 Å². The molecule has 0 fully saturated rings. The Balaban J connectivity index is 3.38. The van der Waals surface area contributed by atoms with Crippen LogP contribution in [0.2, 0.25) is 0 Å². The second kappa shape index (κ2) is 3.82. The van der Waals surface area contributed by atoms with Crippen LogP contribution in [0.5, 0.6) is 0 Å². The van der Waals surface area contributed by atoms with Crippen LogP contribution in [0.1, 0.15) is 20.8 Å². The molecule has 0 spiro atoms. The van der Waals surface area contributed by atoms with E-state index in [1.54, 1.807) is 6.92 Å². The Kier molecular flexibility index (Phi) is 3.77. The van der Waals surface area contributed by atoms with Crippen molar-refractivity contribution in [2.24, 2.45) is 5.73 Å². The van der Waals surface area contributed by atoms with E-state index in [0.717, 1.165) is 0 Å². The number of rotatable bonds is 3. The third kappa shape index (κ3) is 4.39. The number of hydrogen-bond donors (Lipinski definition) is 2. The van der Waals surface area contributed by atoms with Crippen molar-refractivity contribution < 1.29 is 9.84 Å². The lowest BCUT2D eigenvalue weighted by Crippen LogP contribution is -2.35. The SMILES string of the molecule is CC(C)OC(O)[C@H](C)N. The van der Waals surface area contributed by atoms with E-state index >= 15 is 0 Å². The lowest BCUT2D eigenvalue weighted by Gasteiger charge is -2.17. The van der Waals surface area contributed by atoms with Gasteiger partial charge in [0, 0.05) is 0 Å². The van der Waals surface area contributed by atoms with Gasteiger partial charge in [-0.25, -0.2) is 0 Å². The highest BCUT2D eigenvalue weighted by Gasteiger charge is 2.10. The molecular formula is C6H15NO2.